The van der Waals surface area contributed by atoms with Gasteiger partial charge in [-0.3, -0.25) is 0 Å². The molecule has 0 saturated carbocycles. The molecule has 0 bridgehead atoms. The fourth-order valence-electron chi connectivity index (χ4n) is 2.52. The first-order chi connectivity index (χ1) is 12.6. The van der Waals surface area contributed by atoms with Gasteiger partial charge in [0.25, 0.3) is 0 Å². The molecule has 2 aromatic rings. The van der Waals surface area contributed by atoms with Crippen molar-refractivity contribution in [2.24, 2.45) is 5.92 Å². The molecule has 0 aliphatic carbocycles. The van der Waals surface area contributed by atoms with Crippen LogP contribution in [0.15, 0.2) is 48.5 Å². The van der Waals surface area contributed by atoms with E-state index in [-0.39, 0.29) is 19.1 Å². The molecule has 6 nitrogen and oxygen atoms in total. The van der Waals surface area contributed by atoms with Crippen LogP contribution in [0.25, 0.3) is 0 Å². The zero-order valence-electron chi connectivity index (χ0n) is 15.1. The third-order valence-electron chi connectivity index (χ3n) is 3.94. The highest BCUT2D eigenvalue weighted by atomic mass is 16.5. The molecule has 0 fully saturated rings. The van der Waals surface area contributed by atoms with Crippen molar-refractivity contribution in [1.82, 2.24) is 5.32 Å². The quantitative estimate of drug-likeness (QED) is 0.720. The lowest BCUT2D eigenvalue weighted by Gasteiger charge is -2.16. The molecule has 0 radical (unpaired) electrons. The summed E-state index contributed by atoms with van der Waals surface area (Å²) < 4.78 is 15.7. The first-order valence-corrected chi connectivity index (χ1v) is 8.42. The summed E-state index contributed by atoms with van der Waals surface area (Å²) in [7, 11) is 3.18. The Morgan fingerprint density at radius 2 is 1.69 bits per heavy atom. The van der Waals surface area contributed by atoms with E-state index in [4.69, 9.17) is 14.2 Å². The van der Waals surface area contributed by atoms with Crippen LogP contribution in [0.3, 0.4) is 0 Å². The van der Waals surface area contributed by atoms with Gasteiger partial charge in [0.15, 0.2) is 0 Å². The standard InChI is InChI=1S/C20H25NO5/c1-24-18-9-16(10-19(11-18)25-2)8-17(13-22)12-21-20(23)26-14-15-6-4-3-5-7-15/h3-7,9-11,17,22H,8,12-14H2,1-2H3,(H,21,23). The Morgan fingerprint density at radius 1 is 1.04 bits per heavy atom. The van der Waals surface area contributed by atoms with Crippen molar-refractivity contribution in [3.8, 4) is 11.5 Å². The van der Waals surface area contributed by atoms with Gasteiger partial charge in [-0.2, -0.15) is 0 Å². The Kier molecular flexibility index (Phi) is 7.76. The van der Waals surface area contributed by atoms with Crippen molar-refractivity contribution in [1.29, 1.82) is 0 Å². The van der Waals surface area contributed by atoms with Crippen molar-refractivity contribution in [3.63, 3.8) is 0 Å². The first kappa shape index (κ1) is 19.6. The van der Waals surface area contributed by atoms with E-state index in [9.17, 15) is 9.90 Å². The van der Waals surface area contributed by atoms with Gasteiger partial charge < -0.3 is 24.6 Å². The Hall–Kier alpha value is -2.73. The molecule has 0 aliphatic rings. The highest BCUT2D eigenvalue weighted by Crippen LogP contribution is 2.24. The number of nitrogens with one attached hydrogen (secondary N) is 1. The lowest BCUT2D eigenvalue weighted by Crippen LogP contribution is -2.32. The van der Waals surface area contributed by atoms with Gasteiger partial charge >= 0.3 is 6.09 Å². The third-order valence-corrected chi connectivity index (χ3v) is 3.94. The minimum absolute atomic E-state index is 0.0571. The maximum Gasteiger partial charge on any atom is 0.407 e. The predicted octanol–water partition coefficient (Wildman–Crippen LogP) is 2.78. The van der Waals surface area contributed by atoms with Crippen molar-refractivity contribution < 1.29 is 24.1 Å². The van der Waals surface area contributed by atoms with Crippen molar-refractivity contribution in [3.05, 3.63) is 59.7 Å². The van der Waals surface area contributed by atoms with E-state index in [1.165, 1.54) is 0 Å². The second kappa shape index (κ2) is 10.3. The number of alkyl carbamates (subject to hydrolysis) is 1. The van der Waals surface area contributed by atoms with Crippen LogP contribution in [0.4, 0.5) is 4.79 Å². The third kappa shape index (κ3) is 6.29. The average molecular weight is 359 g/mol. The molecule has 1 amide bonds. The Morgan fingerprint density at radius 3 is 2.27 bits per heavy atom. The molecule has 140 valence electrons. The van der Waals surface area contributed by atoms with Gasteiger partial charge in [0.1, 0.15) is 18.1 Å². The molecular weight excluding hydrogens is 334 g/mol. The van der Waals surface area contributed by atoms with E-state index in [1.807, 2.05) is 42.5 Å². The summed E-state index contributed by atoms with van der Waals surface area (Å²) in [6.07, 6.45) is 0.0683. The van der Waals surface area contributed by atoms with E-state index < -0.39 is 6.09 Å². The second-order valence-corrected chi connectivity index (χ2v) is 5.92. The van der Waals surface area contributed by atoms with E-state index in [1.54, 1.807) is 20.3 Å². The van der Waals surface area contributed by atoms with Crippen molar-refractivity contribution >= 4 is 6.09 Å². The minimum atomic E-state index is -0.504. The second-order valence-electron chi connectivity index (χ2n) is 5.92. The van der Waals surface area contributed by atoms with Crippen LogP contribution in [0, 0.1) is 5.92 Å². The van der Waals surface area contributed by atoms with E-state index in [0.29, 0.717) is 24.5 Å². The summed E-state index contributed by atoms with van der Waals surface area (Å²) >= 11 is 0. The number of carbonyl (C=O) groups is 1. The molecule has 0 aliphatic heterocycles. The molecule has 26 heavy (non-hydrogen) atoms. The molecule has 0 spiro atoms. The topological polar surface area (TPSA) is 77.0 Å². The van der Waals surface area contributed by atoms with E-state index in [2.05, 4.69) is 5.32 Å². The summed E-state index contributed by atoms with van der Waals surface area (Å²) in [6.45, 7) is 0.464. The molecule has 2 N–H and O–H groups in total. The van der Waals surface area contributed by atoms with Gasteiger partial charge in [0.05, 0.1) is 14.2 Å². The van der Waals surface area contributed by atoms with Gasteiger partial charge in [0, 0.05) is 25.1 Å². The lowest BCUT2D eigenvalue weighted by atomic mass is 9.99. The molecule has 1 atom stereocenters. The first-order valence-electron chi connectivity index (χ1n) is 8.42. The van der Waals surface area contributed by atoms with E-state index in [0.717, 1.165) is 11.1 Å². The highest BCUT2D eigenvalue weighted by molar-refractivity contribution is 5.67. The monoisotopic (exact) mass is 359 g/mol. The van der Waals surface area contributed by atoms with Crippen LogP contribution in [0.2, 0.25) is 0 Å². The molecule has 6 heteroatoms. The summed E-state index contributed by atoms with van der Waals surface area (Å²) in [5.41, 5.74) is 1.88. The number of amides is 1. The number of hydrogen-bond donors (Lipinski definition) is 2. The molecule has 2 rings (SSSR count). The predicted molar refractivity (Wildman–Crippen MR) is 98.5 cm³/mol. The van der Waals surface area contributed by atoms with Gasteiger partial charge in [-0.15, -0.1) is 0 Å². The molecular formula is C20H25NO5. The number of aliphatic hydroxyl groups is 1. The molecule has 0 saturated heterocycles. The molecule has 1 unspecified atom stereocenters. The summed E-state index contributed by atoms with van der Waals surface area (Å²) in [4.78, 5) is 11.8. The largest absolute Gasteiger partial charge is 0.497 e. The Labute approximate surface area is 153 Å². The SMILES string of the molecule is COc1cc(CC(CO)CNC(=O)OCc2ccccc2)cc(OC)c1. The van der Waals surface area contributed by atoms with Crippen LogP contribution < -0.4 is 14.8 Å². The smallest absolute Gasteiger partial charge is 0.407 e. The van der Waals surface area contributed by atoms with Crippen molar-refractivity contribution in [2.45, 2.75) is 13.0 Å². The lowest BCUT2D eigenvalue weighted by molar-refractivity contribution is 0.135. The maximum atomic E-state index is 11.8. The number of methoxy groups -OCH3 is 2. The molecule has 0 aromatic heterocycles. The average Bonchev–Trinajstić information content (AvgIpc) is 2.69. The normalized spacial score (nSPS) is 11.5. The minimum Gasteiger partial charge on any atom is -0.497 e. The highest BCUT2D eigenvalue weighted by Gasteiger charge is 2.13. The molecule has 2 aromatic carbocycles. The van der Waals surface area contributed by atoms with Crippen LogP contribution in [0.5, 0.6) is 11.5 Å². The molecule has 0 heterocycles. The summed E-state index contributed by atoms with van der Waals surface area (Å²) in [5, 5.41) is 12.3. The van der Waals surface area contributed by atoms with E-state index >= 15 is 0 Å². The van der Waals surface area contributed by atoms with Crippen molar-refractivity contribution in [2.75, 3.05) is 27.4 Å². The van der Waals surface area contributed by atoms with Crippen LogP contribution in [-0.4, -0.2) is 38.6 Å². The number of ether oxygens (including phenoxy) is 3. The van der Waals surface area contributed by atoms with Gasteiger partial charge in [-0.1, -0.05) is 30.3 Å². The van der Waals surface area contributed by atoms with Crippen LogP contribution in [0.1, 0.15) is 11.1 Å². The van der Waals surface area contributed by atoms with Crippen LogP contribution in [-0.2, 0) is 17.8 Å². The zero-order valence-corrected chi connectivity index (χ0v) is 15.1. The van der Waals surface area contributed by atoms with Crippen LogP contribution >= 0.6 is 0 Å². The van der Waals surface area contributed by atoms with Gasteiger partial charge in [-0.05, 0) is 29.7 Å². The summed E-state index contributed by atoms with van der Waals surface area (Å²) in [6, 6.07) is 15.0. The fourth-order valence-corrected chi connectivity index (χ4v) is 2.52. The number of rotatable bonds is 9. The van der Waals surface area contributed by atoms with Gasteiger partial charge in [-0.25, -0.2) is 4.79 Å². The Bertz CT molecular complexity index is 668. The number of aliphatic hydroxyl groups excluding tert-OH is 1. The fraction of sp³-hybridized carbons (Fsp3) is 0.350. The Balaban J connectivity index is 1.84. The number of carbonyl (C=O) groups excluding carboxylic acids is 1. The number of benzene rings is 2. The zero-order chi connectivity index (χ0) is 18.8. The summed E-state index contributed by atoms with van der Waals surface area (Å²) in [5.74, 6) is 1.23. The van der Waals surface area contributed by atoms with Gasteiger partial charge in [0.2, 0.25) is 0 Å². The maximum absolute atomic E-state index is 11.8. The number of hydrogen-bond acceptors (Lipinski definition) is 5.